The van der Waals surface area contributed by atoms with Crippen LogP contribution in [0.1, 0.15) is 6.92 Å². The van der Waals surface area contributed by atoms with E-state index in [1.54, 1.807) is 28.5 Å². The molecular formula is C19H16FN3O4S2. The van der Waals surface area contributed by atoms with Crippen LogP contribution in [-0.2, 0) is 14.8 Å². The van der Waals surface area contributed by atoms with Gasteiger partial charge in [-0.3, -0.25) is 9.52 Å². The molecule has 10 heteroatoms. The summed E-state index contributed by atoms with van der Waals surface area (Å²) in [5.41, 5.74) is 1.94. The molecule has 2 heterocycles. The first kappa shape index (κ1) is 19.3. The molecule has 0 bridgehead atoms. The number of benzene rings is 2. The lowest BCUT2D eigenvalue weighted by Crippen LogP contribution is -2.38. The van der Waals surface area contributed by atoms with Gasteiger partial charge in [-0.25, -0.2) is 17.8 Å². The van der Waals surface area contributed by atoms with Crippen molar-refractivity contribution in [3.8, 4) is 17.0 Å². The Kier molecular flexibility index (Phi) is 4.97. The minimum absolute atomic E-state index is 0.00615. The predicted octanol–water partition coefficient (Wildman–Crippen LogP) is 3.50. The van der Waals surface area contributed by atoms with Gasteiger partial charge in [0, 0.05) is 17.5 Å². The first-order chi connectivity index (χ1) is 13.9. The fraction of sp³-hybridized carbons (Fsp3) is 0.158. The van der Waals surface area contributed by atoms with Crippen LogP contribution in [0.4, 0.5) is 15.2 Å². The summed E-state index contributed by atoms with van der Waals surface area (Å²) in [6, 6.07) is 9.90. The van der Waals surface area contributed by atoms with E-state index in [2.05, 4.69) is 9.71 Å². The lowest BCUT2D eigenvalue weighted by atomic mass is 10.1. The van der Waals surface area contributed by atoms with E-state index in [0.717, 1.165) is 29.0 Å². The second-order valence-corrected chi connectivity index (χ2v) is 8.75. The zero-order valence-electron chi connectivity index (χ0n) is 15.3. The number of hydrogen-bond acceptors (Lipinski definition) is 6. The number of hydrogen-bond donors (Lipinski definition) is 1. The van der Waals surface area contributed by atoms with Crippen LogP contribution in [0.2, 0.25) is 0 Å². The summed E-state index contributed by atoms with van der Waals surface area (Å²) in [6.45, 7) is 2.40. The van der Waals surface area contributed by atoms with Crippen molar-refractivity contribution in [1.29, 1.82) is 0 Å². The number of halogens is 1. The highest BCUT2D eigenvalue weighted by molar-refractivity contribution is 7.93. The summed E-state index contributed by atoms with van der Waals surface area (Å²) in [6.07, 6.45) is 0. The number of likely N-dealkylation sites (N-methyl/N-ethyl adjacent to an activating group) is 1. The molecule has 29 heavy (non-hydrogen) atoms. The van der Waals surface area contributed by atoms with E-state index in [9.17, 15) is 17.6 Å². The molecule has 0 unspecified atom stereocenters. The summed E-state index contributed by atoms with van der Waals surface area (Å²) in [5.74, 6) is -0.0256. The topological polar surface area (TPSA) is 88.6 Å². The van der Waals surface area contributed by atoms with E-state index in [1.807, 2.05) is 6.92 Å². The van der Waals surface area contributed by atoms with Gasteiger partial charge < -0.3 is 9.64 Å². The van der Waals surface area contributed by atoms with Crippen molar-refractivity contribution in [3.63, 3.8) is 0 Å². The van der Waals surface area contributed by atoms with Gasteiger partial charge >= 0.3 is 0 Å². The Labute approximate surface area is 170 Å². The van der Waals surface area contributed by atoms with Crippen molar-refractivity contribution < 1.29 is 22.3 Å². The second kappa shape index (κ2) is 7.45. The number of nitrogens with zero attached hydrogens (tertiary/aromatic N) is 2. The van der Waals surface area contributed by atoms with Crippen LogP contribution in [-0.4, -0.2) is 32.5 Å². The van der Waals surface area contributed by atoms with Gasteiger partial charge in [-0.15, -0.1) is 11.3 Å². The average molecular weight is 433 g/mol. The highest BCUT2D eigenvalue weighted by Crippen LogP contribution is 2.36. The number of fused-ring (bicyclic) bond motifs is 1. The molecular weight excluding hydrogens is 417 g/mol. The number of rotatable bonds is 5. The quantitative estimate of drug-likeness (QED) is 0.665. The maximum absolute atomic E-state index is 13.0. The Hall–Kier alpha value is -2.98. The van der Waals surface area contributed by atoms with Crippen LogP contribution in [0.25, 0.3) is 11.3 Å². The first-order valence-corrected chi connectivity index (χ1v) is 11.0. The molecule has 4 rings (SSSR count). The molecule has 7 nitrogen and oxygen atoms in total. The second-order valence-electron chi connectivity index (χ2n) is 6.21. The van der Waals surface area contributed by atoms with Gasteiger partial charge in [0.1, 0.15) is 11.6 Å². The van der Waals surface area contributed by atoms with Gasteiger partial charge in [0.2, 0.25) is 0 Å². The minimum Gasteiger partial charge on any atom is -0.482 e. The molecule has 1 aliphatic heterocycles. The van der Waals surface area contributed by atoms with Crippen LogP contribution in [0.3, 0.4) is 0 Å². The molecule has 0 fully saturated rings. The Morgan fingerprint density at radius 3 is 2.72 bits per heavy atom. The van der Waals surface area contributed by atoms with Crippen LogP contribution >= 0.6 is 11.3 Å². The summed E-state index contributed by atoms with van der Waals surface area (Å²) in [7, 11) is -3.87. The maximum atomic E-state index is 13.0. The van der Waals surface area contributed by atoms with Crippen LogP contribution in [0, 0.1) is 5.82 Å². The number of nitrogens with one attached hydrogen (secondary N) is 1. The van der Waals surface area contributed by atoms with E-state index in [1.165, 1.54) is 12.1 Å². The molecule has 0 atom stereocenters. The monoisotopic (exact) mass is 433 g/mol. The Morgan fingerprint density at radius 1 is 1.24 bits per heavy atom. The third-order valence-corrected chi connectivity index (χ3v) is 6.61. The van der Waals surface area contributed by atoms with Crippen molar-refractivity contribution in [1.82, 2.24) is 4.98 Å². The zero-order valence-corrected chi connectivity index (χ0v) is 16.9. The van der Waals surface area contributed by atoms with E-state index < -0.39 is 15.8 Å². The molecule has 0 aliphatic carbocycles. The van der Waals surface area contributed by atoms with Gasteiger partial charge in [-0.05, 0) is 49.4 Å². The third kappa shape index (κ3) is 3.81. The SMILES string of the molecule is CCN1C(=O)COc2ccc(-c3csc(NS(=O)(=O)c4ccc(F)cc4)n3)cc21. The van der Waals surface area contributed by atoms with Crippen molar-refractivity contribution in [2.24, 2.45) is 0 Å². The standard InChI is InChI=1S/C19H16FN3O4S2/c1-2-23-16-9-12(3-8-17(16)27-10-18(23)24)15-11-28-19(21-15)22-29(25,26)14-6-4-13(20)5-7-14/h3-9,11H,2,10H2,1H3,(H,21,22). The fourth-order valence-corrected chi connectivity index (χ4v) is 4.92. The number of thiazole rings is 1. The summed E-state index contributed by atoms with van der Waals surface area (Å²) in [5, 5.41) is 1.90. The number of carbonyl (C=O) groups is 1. The Morgan fingerprint density at radius 2 is 2.00 bits per heavy atom. The highest BCUT2D eigenvalue weighted by atomic mass is 32.2. The van der Waals surface area contributed by atoms with Crippen LogP contribution in [0.5, 0.6) is 5.75 Å². The van der Waals surface area contributed by atoms with Gasteiger partial charge in [0.15, 0.2) is 11.7 Å². The molecule has 2 aromatic carbocycles. The number of carbonyl (C=O) groups excluding carboxylic acids is 1. The first-order valence-electron chi connectivity index (χ1n) is 8.69. The molecule has 0 spiro atoms. The zero-order chi connectivity index (χ0) is 20.6. The van der Waals surface area contributed by atoms with Crippen LogP contribution in [0.15, 0.2) is 52.7 Å². The van der Waals surface area contributed by atoms with Crippen molar-refractivity contribution in [2.75, 3.05) is 22.8 Å². The van der Waals surface area contributed by atoms with Crippen molar-refractivity contribution in [3.05, 3.63) is 53.7 Å². The van der Waals surface area contributed by atoms with E-state index in [4.69, 9.17) is 4.74 Å². The van der Waals surface area contributed by atoms with Gasteiger partial charge in [-0.2, -0.15) is 0 Å². The summed E-state index contributed by atoms with van der Waals surface area (Å²) < 4.78 is 45.8. The molecule has 1 N–H and O–H groups in total. The molecule has 150 valence electrons. The number of ether oxygens (including phenoxy) is 1. The minimum atomic E-state index is -3.87. The predicted molar refractivity (Wildman–Crippen MR) is 108 cm³/mol. The fourth-order valence-electron chi connectivity index (χ4n) is 2.95. The van der Waals surface area contributed by atoms with Gasteiger partial charge in [0.05, 0.1) is 16.3 Å². The lowest BCUT2D eigenvalue weighted by molar-refractivity contribution is -0.121. The summed E-state index contributed by atoms with van der Waals surface area (Å²) in [4.78, 5) is 18.0. The molecule has 1 aliphatic rings. The van der Waals surface area contributed by atoms with Gasteiger partial charge in [-0.1, -0.05) is 0 Å². The summed E-state index contributed by atoms with van der Waals surface area (Å²) >= 11 is 1.13. The van der Waals surface area contributed by atoms with Crippen molar-refractivity contribution >= 4 is 38.1 Å². The van der Waals surface area contributed by atoms with Crippen molar-refractivity contribution in [2.45, 2.75) is 11.8 Å². The van der Waals surface area contributed by atoms with Crippen LogP contribution < -0.4 is 14.4 Å². The number of amides is 1. The number of aromatic nitrogens is 1. The largest absolute Gasteiger partial charge is 0.482 e. The molecule has 0 saturated heterocycles. The number of sulfonamides is 1. The normalized spacial score (nSPS) is 13.7. The lowest BCUT2D eigenvalue weighted by Gasteiger charge is -2.28. The Bertz CT molecular complexity index is 1180. The smallest absolute Gasteiger partial charge is 0.265 e. The van der Waals surface area contributed by atoms with E-state index in [0.29, 0.717) is 23.7 Å². The van der Waals surface area contributed by atoms with E-state index in [-0.39, 0.29) is 22.5 Å². The molecule has 3 aromatic rings. The maximum Gasteiger partial charge on any atom is 0.265 e. The van der Waals surface area contributed by atoms with Gasteiger partial charge in [0.25, 0.3) is 15.9 Å². The highest BCUT2D eigenvalue weighted by Gasteiger charge is 2.25. The van der Waals surface area contributed by atoms with E-state index >= 15 is 0 Å². The molecule has 1 amide bonds. The molecule has 0 radical (unpaired) electrons. The molecule has 1 aromatic heterocycles. The third-order valence-electron chi connectivity index (χ3n) is 4.36. The number of anilines is 2. The average Bonchev–Trinajstić information content (AvgIpc) is 3.15. The molecule has 0 saturated carbocycles. The Balaban J connectivity index is 1.60.